The summed E-state index contributed by atoms with van der Waals surface area (Å²) in [4.78, 5) is 15.2. The maximum Gasteiger partial charge on any atom is 0.331 e. The Labute approximate surface area is 103 Å². The summed E-state index contributed by atoms with van der Waals surface area (Å²) in [5.41, 5.74) is 1.21. The number of carbonyl (C=O) groups is 1. The molecule has 0 spiro atoms. The lowest BCUT2D eigenvalue weighted by Gasteiger charge is -2.28. The van der Waals surface area contributed by atoms with E-state index in [1.54, 1.807) is 6.21 Å². The predicted octanol–water partition coefficient (Wildman–Crippen LogP) is 3.47. The molecule has 0 amide bonds. The van der Waals surface area contributed by atoms with Gasteiger partial charge in [-0.15, -0.1) is 0 Å². The molecule has 0 atom stereocenters. The normalized spacial score (nSPS) is 19.2. The molecule has 0 radical (unpaired) electrons. The highest BCUT2D eigenvalue weighted by atomic mass is 16.7. The smallest absolute Gasteiger partial charge is 0.319 e. The Bertz CT molecular complexity index is 387. The third-order valence-electron chi connectivity index (χ3n) is 2.86. The lowest BCUT2D eigenvalue weighted by Crippen LogP contribution is -2.20. The monoisotopic (exact) mass is 235 g/mol. The third kappa shape index (κ3) is 4.17. The van der Waals surface area contributed by atoms with Gasteiger partial charge in [-0.1, -0.05) is 51.1 Å². The van der Waals surface area contributed by atoms with Crippen LogP contribution in [0.1, 0.15) is 41.0 Å². The van der Waals surface area contributed by atoms with Crippen molar-refractivity contribution < 1.29 is 9.63 Å². The van der Waals surface area contributed by atoms with Gasteiger partial charge in [0.15, 0.2) is 0 Å². The van der Waals surface area contributed by atoms with Crippen molar-refractivity contribution in [3.8, 4) is 0 Å². The number of nitrogens with zero attached hydrogens (tertiary/aromatic N) is 1. The molecule has 0 aliphatic heterocycles. The van der Waals surface area contributed by atoms with Crippen LogP contribution in [-0.4, -0.2) is 12.2 Å². The highest BCUT2D eigenvalue weighted by molar-refractivity contribution is 5.72. The maximum absolute atomic E-state index is 10.6. The lowest BCUT2D eigenvalue weighted by molar-refractivity contribution is -0.140. The fourth-order valence-corrected chi connectivity index (χ4v) is 1.61. The minimum Gasteiger partial charge on any atom is -0.319 e. The summed E-state index contributed by atoms with van der Waals surface area (Å²) >= 11 is 0. The first-order chi connectivity index (χ1) is 7.73. The Morgan fingerprint density at radius 3 is 2.65 bits per heavy atom. The number of oxime groups is 1. The van der Waals surface area contributed by atoms with Crippen molar-refractivity contribution in [2.45, 2.75) is 41.0 Å². The van der Waals surface area contributed by atoms with Crippen molar-refractivity contribution >= 4 is 12.2 Å². The van der Waals surface area contributed by atoms with Gasteiger partial charge < -0.3 is 4.84 Å². The highest BCUT2D eigenvalue weighted by Crippen LogP contribution is 2.35. The van der Waals surface area contributed by atoms with Gasteiger partial charge in [-0.25, -0.2) is 4.79 Å². The summed E-state index contributed by atoms with van der Waals surface area (Å²) < 4.78 is 0. The summed E-state index contributed by atoms with van der Waals surface area (Å²) in [6.45, 7) is 9.85. The van der Waals surface area contributed by atoms with Crippen LogP contribution in [0.2, 0.25) is 0 Å². The van der Waals surface area contributed by atoms with Gasteiger partial charge in [0.2, 0.25) is 0 Å². The lowest BCUT2D eigenvalue weighted by atomic mass is 9.76. The molecule has 0 aromatic carbocycles. The average Bonchev–Trinajstić information content (AvgIpc) is 2.15. The second kappa shape index (κ2) is 4.86. The van der Waals surface area contributed by atoms with Gasteiger partial charge in [-0.2, -0.15) is 0 Å². The van der Waals surface area contributed by atoms with Crippen molar-refractivity contribution in [3.63, 3.8) is 0 Å². The average molecular weight is 235 g/mol. The van der Waals surface area contributed by atoms with Crippen LogP contribution in [0.4, 0.5) is 0 Å². The van der Waals surface area contributed by atoms with Gasteiger partial charge in [0.25, 0.3) is 0 Å². The van der Waals surface area contributed by atoms with E-state index in [1.165, 1.54) is 12.5 Å². The standard InChI is InChI=1S/C14H21NO2/c1-11(16)17-15-10-14(4,5)12-6-8-13(2,3)9-7-12/h6-8,10H,9H2,1-5H3/b15-10+. The molecule has 0 aromatic rings. The molecule has 1 rings (SSSR count). The van der Waals surface area contributed by atoms with Crippen molar-refractivity contribution in [1.82, 2.24) is 0 Å². The Hall–Kier alpha value is -1.38. The van der Waals surface area contributed by atoms with Gasteiger partial charge in [-0.05, 0) is 17.4 Å². The van der Waals surface area contributed by atoms with Crippen LogP contribution in [0, 0.1) is 10.8 Å². The minimum absolute atomic E-state index is 0.220. The zero-order chi connectivity index (χ0) is 13.1. The summed E-state index contributed by atoms with van der Waals surface area (Å²) in [7, 11) is 0. The van der Waals surface area contributed by atoms with Crippen LogP contribution in [0.15, 0.2) is 29.0 Å². The molecular formula is C14H21NO2. The Morgan fingerprint density at radius 1 is 1.53 bits per heavy atom. The second-order valence-electron chi connectivity index (χ2n) is 5.72. The molecule has 0 saturated carbocycles. The van der Waals surface area contributed by atoms with Crippen LogP contribution in [0.3, 0.4) is 0 Å². The van der Waals surface area contributed by atoms with E-state index in [0.717, 1.165) is 6.42 Å². The zero-order valence-corrected chi connectivity index (χ0v) is 11.3. The molecule has 0 saturated heterocycles. The van der Waals surface area contributed by atoms with Gasteiger partial charge >= 0.3 is 5.97 Å². The number of hydrogen-bond acceptors (Lipinski definition) is 3. The maximum atomic E-state index is 10.6. The summed E-state index contributed by atoms with van der Waals surface area (Å²) in [5, 5.41) is 3.70. The second-order valence-corrected chi connectivity index (χ2v) is 5.72. The predicted molar refractivity (Wildman–Crippen MR) is 69.7 cm³/mol. The first kappa shape index (κ1) is 13.7. The van der Waals surface area contributed by atoms with E-state index >= 15 is 0 Å². The Morgan fingerprint density at radius 2 is 2.18 bits per heavy atom. The largest absolute Gasteiger partial charge is 0.331 e. The summed E-state index contributed by atoms with van der Waals surface area (Å²) in [5.74, 6) is -0.397. The van der Waals surface area contributed by atoms with Gasteiger partial charge in [-0.3, -0.25) is 0 Å². The SMILES string of the molecule is CC(=O)O/N=C/C(C)(C)C1=CCC(C)(C)C=C1. The number of rotatable bonds is 3. The van der Waals surface area contributed by atoms with Gasteiger partial charge in [0, 0.05) is 12.3 Å². The third-order valence-corrected chi connectivity index (χ3v) is 2.86. The van der Waals surface area contributed by atoms with Crippen LogP contribution in [-0.2, 0) is 9.63 Å². The molecule has 0 fully saturated rings. The van der Waals surface area contributed by atoms with Crippen molar-refractivity contribution in [1.29, 1.82) is 0 Å². The molecule has 3 heteroatoms. The Kier molecular flexibility index (Phi) is 3.91. The van der Waals surface area contributed by atoms with Gasteiger partial charge in [0.05, 0.1) is 6.21 Å². The molecule has 1 aliphatic rings. The Balaban J connectivity index is 2.73. The number of allylic oxidation sites excluding steroid dienone is 4. The van der Waals surface area contributed by atoms with E-state index in [0.29, 0.717) is 0 Å². The van der Waals surface area contributed by atoms with Crippen molar-refractivity contribution in [2.24, 2.45) is 16.0 Å². The molecule has 0 N–H and O–H groups in total. The topological polar surface area (TPSA) is 38.7 Å². The van der Waals surface area contributed by atoms with Crippen LogP contribution >= 0.6 is 0 Å². The van der Waals surface area contributed by atoms with E-state index in [2.05, 4.69) is 55.9 Å². The first-order valence-electron chi connectivity index (χ1n) is 5.85. The zero-order valence-electron chi connectivity index (χ0n) is 11.3. The van der Waals surface area contributed by atoms with Crippen molar-refractivity contribution in [2.75, 3.05) is 0 Å². The molecule has 1 aliphatic carbocycles. The van der Waals surface area contributed by atoms with Crippen molar-refractivity contribution in [3.05, 3.63) is 23.8 Å². The minimum atomic E-state index is -0.397. The molecule has 0 bridgehead atoms. The summed E-state index contributed by atoms with van der Waals surface area (Å²) in [6.07, 6.45) is 9.25. The number of carbonyl (C=O) groups excluding carboxylic acids is 1. The molecule has 0 heterocycles. The summed E-state index contributed by atoms with van der Waals surface area (Å²) in [6, 6.07) is 0. The molecule has 94 valence electrons. The molecular weight excluding hydrogens is 214 g/mol. The quantitative estimate of drug-likeness (QED) is 0.427. The van der Waals surface area contributed by atoms with E-state index in [1.807, 2.05) is 0 Å². The first-order valence-corrected chi connectivity index (χ1v) is 5.85. The van der Waals surface area contributed by atoms with E-state index < -0.39 is 5.97 Å². The van der Waals surface area contributed by atoms with Crippen LogP contribution < -0.4 is 0 Å². The van der Waals surface area contributed by atoms with Gasteiger partial charge in [0.1, 0.15) is 0 Å². The fraction of sp³-hybridized carbons (Fsp3) is 0.571. The highest BCUT2D eigenvalue weighted by Gasteiger charge is 2.24. The van der Waals surface area contributed by atoms with E-state index in [-0.39, 0.29) is 10.8 Å². The molecule has 0 unspecified atom stereocenters. The molecule has 3 nitrogen and oxygen atoms in total. The van der Waals surface area contributed by atoms with E-state index in [9.17, 15) is 4.79 Å². The van der Waals surface area contributed by atoms with Crippen LogP contribution in [0.5, 0.6) is 0 Å². The fourth-order valence-electron chi connectivity index (χ4n) is 1.61. The molecule has 17 heavy (non-hydrogen) atoms. The number of hydrogen-bond donors (Lipinski definition) is 0. The molecule has 0 aromatic heterocycles. The van der Waals surface area contributed by atoms with E-state index in [4.69, 9.17) is 0 Å². The van der Waals surface area contributed by atoms with Crippen LogP contribution in [0.25, 0.3) is 0 Å².